The highest BCUT2D eigenvalue weighted by molar-refractivity contribution is 7.89. The topological polar surface area (TPSA) is 42.3 Å². The Balaban J connectivity index is 2.11. The predicted octanol–water partition coefficient (Wildman–Crippen LogP) is 1.89. The molecule has 0 fully saturated rings. The smallest absolute Gasteiger partial charge is 0.214 e. The van der Waals surface area contributed by atoms with E-state index in [1.165, 1.54) is 16.5 Å². The molecular formula is C14H18N2O2S. The highest BCUT2D eigenvalue weighted by Gasteiger charge is 2.28. The quantitative estimate of drug-likeness (QED) is 0.842. The van der Waals surface area contributed by atoms with Gasteiger partial charge in [0.1, 0.15) is 0 Å². The van der Waals surface area contributed by atoms with E-state index >= 15 is 0 Å². The molecule has 0 amide bonds. The zero-order chi connectivity index (χ0) is 13.6. The lowest BCUT2D eigenvalue weighted by atomic mass is 10.1. The first kappa shape index (κ1) is 12.7. The summed E-state index contributed by atoms with van der Waals surface area (Å²) in [5.74, 6) is 0.173. The molecule has 0 bridgehead atoms. The zero-order valence-corrected chi connectivity index (χ0v) is 12.1. The molecule has 0 spiro atoms. The number of hydrogen-bond acceptors (Lipinski definition) is 2. The van der Waals surface area contributed by atoms with E-state index in [4.69, 9.17) is 0 Å². The maximum Gasteiger partial charge on any atom is 0.214 e. The van der Waals surface area contributed by atoms with Crippen molar-refractivity contribution in [2.75, 3.05) is 12.3 Å². The fraction of sp³-hybridized carbons (Fsp3) is 0.429. The summed E-state index contributed by atoms with van der Waals surface area (Å²) >= 11 is 0. The van der Waals surface area contributed by atoms with Gasteiger partial charge in [0, 0.05) is 30.2 Å². The van der Waals surface area contributed by atoms with E-state index in [-0.39, 0.29) is 5.75 Å². The lowest BCUT2D eigenvalue weighted by Gasteiger charge is -2.26. The third-order valence-corrected chi connectivity index (χ3v) is 5.87. The highest BCUT2D eigenvalue weighted by Crippen LogP contribution is 2.30. The third-order valence-electron chi connectivity index (χ3n) is 4.04. The predicted molar refractivity (Wildman–Crippen MR) is 76.5 cm³/mol. The summed E-state index contributed by atoms with van der Waals surface area (Å²) in [5.41, 5.74) is 3.62. The van der Waals surface area contributed by atoms with Crippen LogP contribution in [0, 0.1) is 0 Å². The lowest BCUT2D eigenvalue weighted by Crippen LogP contribution is -2.37. The number of aryl methyl sites for hydroxylation is 1. The van der Waals surface area contributed by atoms with Gasteiger partial charge in [-0.25, -0.2) is 8.42 Å². The van der Waals surface area contributed by atoms with Gasteiger partial charge in [-0.1, -0.05) is 18.2 Å². The summed E-state index contributed by atoms with van der Waals surface area (Å²) < 4.78 is 27.7. The number of para-hydroxylation sites is 1. The molecule has 0 aliphatic carbocycles. The maximum absolute atomic E-state index is 12.0. The van der Waals surface area contributed by atoms with Gasteiger partial charge in [-0.2, -0.15) is 4.31 Å². The fourth-order valence-corrected chi connectivity index (χ4v) is 3.96. The molecular weight excluding hydrogens is 260 g/mol. The second-order valence-electron chi connectivity index (χ2n) is 4.99. The zero-order valence-electron chi connectivity index (χ0n) is 11.3. The van der Waals surface area contributed by atoms with Gasteiger partial charge in [0.15, 0.2) is 0 Å². The molecule has 0 radical (unpaired) electrons. The molecule has 0 saturated carbocycles. The molecule has 2 aromatic rings. The molecule has 19 heavy (non-hydrogen) atoms. The van der Waals surface area contributed by atoms with Crippen molar-refractivity contribution < 1.29 is 8.42 Å². The van der Waals surface area contributed by atoms with Crippen LogP contribution in [-0.2, 0) is 30.0 Å². The van der Waals surface area contributed by atoms with Gasteiger partial charge in [0.05, 0.1) is 12.3 Å². The monoisotopic (exact) mass is 278 g/mol. The SMILES string of the molecule is CCS(=O)(=O)N1CCc2c(n(C)c3ccccc23)C1. The van der Waals surface area contributed by atoms with E-state index in [0.29, 0.717) is 13.1 Å². The number of rotatable bonds is 2. The molecule has 0 saturated heterocycles. The Bertz CT molecular complexity index is 731. The minimum atomic E-state index is -3.10. The van der Waals surface area contributed by atoms with E-state index in [1.54, 1.807) is 11.2 Å². The van der Waals surface area contributed by atoms with E-state index in [2.05, 4.69) is 16.7 Å². The maximum atomic E-state index is 12.0. The summed E-state index contributed by atoms with van der Waals surface area (Å²) in [6, 6.07) is 8.27. The molecule has 1 aliphatic rings. The van der Waals surface area contributed by atoms with Crippen LogP contribution in [0.15, 0.2) is 24.3 Å². The Morgan fingerprint density at radius 1 is 1.26 bits per heavy atom. The lowest BCUT2D eigenvalue weighted by molar-refractivity contribution is 0.383. The van der Waals surface area contributed by atoms with Crippen molar-refractivity contribution in [1.29, 1.82) is 0 Å². The summed E-state index contributed by atoms with van der Waals surface area (Å²) in [6.07, 6.45) is 0.802. The molecule has 0 unspecified atom stereocenters. The van der Waals surface area contributed by atoms with Crippen LogP contribution < -0.4 is 0 Å². The molecule has 4 nitrogen and oxygen atoms in total. The number of nitrogens with zero attached hydrogens (tertiary/aromatic N) is 2. The van der Waals surface area contributed by atoms with Crippen molar-refractivity contribution in [3.8, 4) is 0 Å². The van der Waals surface area contributed by atoms with Crippen molar-refractivity contribution in [1.82, 2.24) is 8.87 Å². The molecule has 2 heterocycles. The summed E-state index contributed by atoms with van der Waals surface area (Å²) in [4.78, 5) is 0. The van der Waals surface area contributed by atoms with Crippen molar-refractivity contribution in [3.05, 3.63) is 35.5 Å². The molecule has 1 aromatic heterocycles. The first-order valence-corrected chi connectivity index (χ1v) is 8.18. The van der Waals surface area contributed by atoms with Crippen molar-refractivity contribution in [2.45, 2.75) is 19.9 Å². The highest BCUT2D eigenvalue weighted by atomic mass is 32.2. The van der Waals surface area contributed by atoms with Crippen LogP contribution in [0.1, 0.15) is 18.2 Å². The number of fused-ring (bicyclic) bond motifs is 3. The van der Waals surface area contributed by atoms with Gasteiger partial charge < -0.3 is 4.57 Å². The second kappa shape index (κ2) is 4.35. The van der Waals surface area contributed by atoms with Gasteiger partial charge in [-0.15, -0.1) is 0 Å². The van der Waals surface area contributed by atoms with E-state index in [1.807, 2.05) is 19.2 Å². The number of benzene rings is 1. The largest absolute Gasteiger partial charge is 0.346 e. The van der Waals surface area contributed by atoms with Gasteiger partial charge in [0.2, 0.25) is 10.0 Å². The van der Waals surface area contributed by atoms with Gasteiger partial charge in [-0.3, -0.25) is 0 Å². The van der Waals surface area contributed by atoms with Crippen LogP contribution >= 0.6 is 0 Å². The molecule has 102 valence electrons. The molecule has 3 rings (SSSR count). The van der Waals surface area contributed by atoms with E-state index in [0.717, 1.165) is 12.1 Å². The molecule has 5 heteroatoms. The van der Waals surface area contributed by atoms with Gasteiger partial charge in [-0.05, 0) is 25.0 Å². The molecule has 0 N–H and O–H groups in total. The van der Waals surface area contributed by atoms with Crippen LogP contribution in [0.25, 0.3) is 10.9 Å². The summed E-state index contributed by atoms with van der Waals surface area (Å²) in [7, 11) is -1.08. The Kier molecular flexibility index (Phi) is 2.91. The normalized spacial score (nSPS) is 16.7. The number of hydrogen-bond donors (Lipinski definition) is 0. The number of sulfonamides is 1. The molecule has 1 aliphatic heterocycles. The van der Waals surface area contributed by atoms with Crippen molar-refractivity contribution in [3.63, 3.8) is 0 Å². The summed E-state index contributed by atoms with van der Waals surface area (Å²) in [5, 5.41) is 1.26. The first-order chi connectivity index (χ1) is 9.04. The molecule has 0 atom stereocenters. The standard InChI is InChI=1S/C14H18N2O2S/c1-3-19(17,18)16-9-8-12-11-6-4-5-7-13(11)15(2)14(12)10-16/h4-7H,3,8-10H2,1-2H3. The van der Waals surface area contributed by atoms with Crippen LogP contribution in [-0.4, -0.2) is 29.6 Å². The van der Waals surface area contributed by atoms with Gasteiger partial charge >= 0.3 is 0 Å². The minimum Gasteiger partial charge on any atom is -0.346 e. The van der Waals surface area contributed by atoms with Crippen molar-refractivity contribution >= 4 is 20.9 Å². The molecule has 1 aromatic carbocycles. The van der Waals surface area contributed by atoms with Crippen molar-refractivity contribution in [2.24, 2.45) is 7.05 Å². The third kappa shape index (κ3) is 1.88. The minimum absolute atomic E-state index is 0.173. The Morgan fingerprint density at radius 2 is 2.00 bits per heavy atom. The van der Waals surface area contributed by atoms with E-state index in [9.17, 15) is 8.42 Å². The Morgan fingerprint density at radius 3 is 2.74 bits per heavy atom. The second-order valence-corrected chi connectivity index (χ2v) is 7.24. The van der Waals surface area contributed by atoms with Crippen LogP contribution in [0.3, 0.4) is 0 Å². The fourth-order valence-electron chi connectivity index (χ4n) is 2.91. The van der Waals surface area contributed by atoms with Crippen LogP contribution in [0.4, 0.5) is 0 Å². The van der Waals surface area contributed by atoms with Crippen LogP contribution in [0.2, 0.25) is 0 Å². The Labute approximate surface area is 113 Å². The summed E-state index contributed by atoms with van der Waals surface area (Å²) in [6.45, 7) is 2.79. The Hall–Kier alpha value is -1.33. The van der Waals surface area contributed by atoms with Gasteiger partial charge in [0.25, 0.3) is 0 Å². The first-order valence-electron chi connectivity index (χ1n) is 6.57. The average Bonchev–Trinajstić information content (AvgIpc) is 2.73. The average molecular weight is 278 g/mol. The number of aromatic nitrogens is 1. The van der Waals surface area contributed by atoms with E-state index < -0.39 is 10.0 Å². The van der Waals surface area contributed by atoms with Crippen LogP contribution in [0.5, 0.6) is 0 Å².